The van der Waals surface area contributed by atoms with Crippen molar-refractivity contribution in [1.29, 1.82) is 0 Å². The lowest BCUT2D eigenvalue weighted by atomic mass is 9.98. The summed E-state index contributed by atoms with van der Waals surface area (Å²) in [6.07, 6.45) is 5.27. The van der Waals surface area contributed by atoms with Gasteiger partial charge < -0.3 is 29.9 Å². The standard InChI is InChI=1S/C26H31ClN6O3/c1-14-9-17(34)13-33(12-14)26-28-11-19(27)24(31-26)29-16-5-6-21-18(10-16)22-23(25(35)32(21)2)36-8-7-20(30-22)15-3-4-15/h5-6,10-11,14-15,17,20,30,34H,3-4,7-9,12-13H2,1-2H3,(H,28,29,31)/t14-,17+,20?/m1/s1. The van der Waals surface area contributed by atoms with Crippen LogP contribution in [0.2, 0.25) is 5.02 Å². The summed E-state index contributed by atoms with van der Waals surface area (Å²) < 4.78 is 7.60. The Kier molecular flexibility index (Phi) is 5.92. The quantitative estimate of drug-likeness (QED) is 0.485. The minimum Gasteiger partial charge on any atom is -0.486 e. The van der Waals surface area contributed by atoms with E-state index in [1.807, 2.05) is 23.1 Å². The number of aryl methyl sites for hydroxylation is 1. The molecule has 3 atom stereocenters. The molecule has 1 aliphatic carbocycles. The van der Waals surface area contributed by atoms with Crippen molar-refractivity contribution in [2.24, 2.45) is 18.9 Å². The van der Waals surface area contributed by atoms with Crippen LogP contribution in [0, 0.1) is 11.8 Å². The second-order valence-corrected chi connectivity index (χ2v) is 10.8. The first-order valence-corrected chi connectivity index (χ1v) is 13.0. The Morgan fingerprint density at radius 2 is 2.08 bits per heavy atom. The van der Waals surface area contributed by atoms with Crippen molar-refractivity contribution in [2.45, 2.75) is 44.8 Å². The van der Waals surface area contributed by atoms with Crippen molar-refractivity contribution in [3.63, 3.8) is 0 Å². The normalized spacial score (nSPS) is 24.0. The maximum atomic E-state index is 13.1. The van der Waals surface area contributed by atoms with Gasteiger partial charge in [-0.15, -0.1) is 0 Å². The van der Waals surface area contributed by atoms with Crippen LogP contribution >= 0.6 is 11.6 Å². The van der Waals surface area contributed by atoms with Gasteiger partial charge in [-0.1, -0.05) is 18.5 Å². The fourth-order valence-electron chi connectivity index (χ4n) is 5.49. The molecule has 2 aliphatic heterocycles. The molecule has 2 aromatic heterocycles. The average Bonchev–Trinajstić information content (AvgIpc) is 3.70. The number of fused-ring (bicyclic) bond motifs is 3. The Balaban J connectivity index is 1.36. The number of β-amino-alcohol motifs (C(OH)–C–C–N with tert-alkyl or cyclic N) is 1. The number of aliphatic hydroxyl groups is 1. The van der Waals surface area contributed by atoms with Crippen molar-refractivity contribution in [3.05, 3.63) is 39.8 Å². The predicted octanol–water partition coefficient (Wildman–Crippen LogP) is 3.91. The van der Waals surface area contributed by atoms with E-state index in [1.165, 1.54) is 12.8 Å². The van der Waals surface area contributed by atoms with E-state index in [-0.39, 0.29) is 5.56 Å². The third-order valence-corrected chi connectivity index (χ3v) is 7.74. The number of rotatable bonds is 4. The van der Waals surface area contributed by atoms with Gasteiger partial charge in [0.2, 0.25) is 11.7 Å². The van der Waals surface area contributed by atoms with Crippen LogP contribution in [0.1, 0.15) is 32.6 Å². The molecule has 3 aromatic rings. The van der Waals surface area contributed by atoms with Crippen molar-refractivity contribution in [3.8, 4) is 5.75 Å². The summed E-state index contributed by atoms with van der Waals surface area (Å²) in [6.45, 7) is 3.92. The Hall–Kier alpha value is -3.04. The van der Waals surface area contributed by atoms with Crippen molar-refractivity contribution >= 4 is 45.6 Å². The van der Waals surface area contributed by atoms with Gasteiger partial charge in [0.05, 0.1) is 30.1 Å². The zero-order chi connectivity index (χ0) is 25.0. The number of piperidine rings is 1. The smallest absolute Gasteiger partial charge is 0.295 e. The van der Waals surface area contributed by atoms with Gasteiger partial charge in [0.1, 0.15) is 5.02 Å². The number of pyridine rings is 1. The molecule has 4 heterocycles. The van der Waals surface area contributed by atoms with Crippen LogP contribution in [0.25, 0.3) is 10.9 Å². The van der Waals surface area contributed by atoms with E-state index in [1.54, 1.807) is 17.8 Å². The molecule has 0 bridgehead atoms. The molecule has 3 aliphatic rings. The summed E-state index contributed by atoms with van der Waals surface area (Å²) in [5, 5.41) is 18.5. The summed E-state index contributed by atoms with van der Waals surface area (Å²) in [6, 6.07) is 6.15. The van der Waals surface area contributed by atoms with Crippen LogP contribution in [-0.4, -0.2) is 51.5 Å². The van der Waals surface area contributed by atoms with Crippen LogP contribution < -0.4 is 25.8 Å². The lowest BCUT2D eigenvalue weighted by molar-refractivity contribution is 0.132. The molecule has 0 radical (unpaired) electrons. The van der Waals surface area contributed by atoms with E-state index < -0.39 is 6.10 Å². The van der Waals surface area contributed by atoms with Gasteiger partial charge in [-0.3, -0.25) is 4.79 Å². The molecule has 9 nitrogen and oxygen atoms in total. The Morgan fingerprint density at radius 3 is 2.86 bits per heavy atom. The predicted molar refractivity (Wildman–Crippen MR) is 142 cm³/mol. The fraction of sp³-hybridized carbons (Fsp3) is 0.500. The number of aliphatic hydroxyl groups excluding tert-OH is 1. The average molecular weight is 511 g/mol. The minimum absolute atomic E-state index is 0.136. The number of anilines is 4. The zero-order valence-corrected chi connectivity index (χ0v) is 21.3. The largest absolute Gasteiger partial charge is 0.486 e. The van der Waals surface area contributed by atoms with E-state index in [9.17, 15) is 9.90 Å². The monoisotopic (exact) mass is 510 g/mol. The molecule has 36 heavy (non-hydrogen) atoms. The summed E-state index contributed by atoms with van der Waals surface area (Å²) in [5.74, 6) is 2.39. The number of hydrogen-bond donors (Lipinski definition) is 3. The van der Waals surface area contributed by atoms with E-state index >= 15 is 0 Å². The molecule has 190 valence electrons. The molecular weight excluding hydrogens is 480 g/mol. The first kappa shape index (κ1) is 23.4. The summed E-state index contributed by atoms with van der Waals surface area (Å²) >= 11 is 6.47. The number of nitrogens with one attached hydrogen (secondary N) is 2. The molecule has 0 spiro atoms. The third kappa shape index (κ3) is 4.35. The molecule has 0 amide bonds. The molecule has 1 saturated carbocycles. The lowest BCUT2D eigenvalue weighted by Crippen LogP contribution is -2.43. The topological polar surface area (TPSA) is 105 Å². The molecule has 1 unspecified atom stereocenters. The molecule has 10 heteroatoms. The van der Waals surface area contributed by atoms with Crippen LogP contribution in [0.15, 0.2) is 29.2 Å². The maximum absolute atomic E-state index is 13.1. The van der Waals surface area contributed by atoms with Gasteiger partial charge in [-0.25, -0.2) is 4.98 Å². The third-order valence-electron chi connectivity index (χ3n) is 7.46. The van der Waals surface area contributed by atoms with Crippen LogP contribution in [-0.2, 0) is 7.05 Å². The van der Waals surface area contributed by atoms with E-state index in [0.29, 0.717) is 53.6 Å². The van der Waals surface area contributed by atoms with Gasteiger partial charge in [0, 0.05) is 43.7 Å². The molecule has 6 rings (SSSR count). The van der Waals surface area contributed by atoms with Gasteiger partial charge >= 0.3 is 0 Å². The number of ether oxygens (including phenoxy) is 1. The first-order chi connectivity index (χ1) is 17.4. The van der Waals surface area contributed by atoms with Gasteiger partial charge in [0.15, 0.2) is 5.82 Å². The number of halogens is 1. The molecule has 1 aromatic carbocycles. The molecule has 1 saturated heterocycles. The maximum Gasteiger partial charge on any atom is 0.295 e. The molecule has 2 fully saturated rings. The minimum atomic E-state index is -0.402. The fourth-order valence-corrected chi connectivity index (χ4v) is 5.63. The zero-order valence-electron chi connectivity index (χ0n) is 20.5. The second kappa shape index (κ2) is 9.12. The van der Waals surface area contributed by atoms with Crippen molar-refractivity contribution in [1.82, 2.24) is 14.5 Å². The van der Waals surface area contributed by atoms with Crippen molar-refractivity contribution < 1.29 is 9.84 Å². The Bertz CT molecular complexity index is 1360. The van der Waals surface area contributed by atoms with E-state index in [0.717, 1.165) is 41.7 Å². The second-order valence-electron chi connectivity index (χ2n) is 10.4. The van der Waals surface area contributed by atoms with Crippen LogP contribution in [0.5, 0.6) is 5.75 Å². The van der Waals surface area contributed by atoms with Gasteiger partial charge in [-0.05, 0) is 49.3 Å². The first-order valence-electron chi connectivity index (χ1n) is 12.7. The summed E-state index contributed by atoms with van der Waals surface area (Å²) in [7, 11) is 1.77. The van der Waals surface area contributed by atoms with Gasteiger partial charge in [0.25, 0.3) is 5.56 Å². The van der Waals surface area contributed by atoms with Gasteiger partial charge in [-0.2, -0.15) is 4.98 Å². The summed E-state index contributed by atoms with van der Waals surface area (Å²) in [4.78, 5) is 24.1. The molecule has 3 N–H and O–H groups in total. The van der Waals surface area contributed by atoms with E-state index in [2.05, 4.69) is 27.5 Å². The van der Waals surface area contributed by atoms with Crippen LogP contribution in [0.4, 0.5) is 23.1 Å². The summed E-state index contributed by atoms with van der Waals surface area (Å²) in [5.41, 5.74) is 2.24. The highest BCUT2D eigenvalue weighted by Crippen LogP contribution is 2.41. The lowest BCUT2D eigenvalue weighted by Gasteiger charge is -2.34. The highest BCUT2D eigenvalue weighted by atomic mass is 35.5. The molecular formula is C26H31ClN6O3. The number of hydrogen-bond acceptors (Lipinski definition) is 8. The van der Waals surface area contributed by atoms with E-state index in [4.69, 9.17) is 16.3 Å². The number of nitrogens with zero attached hydrogens (tertiary/aromatic N) is 4. The SMILES string of the molecule is C[C@@H]1C[C@H](O)CN(c2ncc(Cl)c(Nc3ccc4c(c3)c3c(c(=O)n4C)OCCC(C4CC4)N3)n2)C1. The Morgan fingerprint density at radius 1 is 1.25 bits per heavy atom. The van der Waals surface area contributed by atoms with Crippen LogP contribution in [0.3, 0.4) is 0 Å². The highest BCUT2D eigenvalue weighted by molar-refractivity contribution is 6.32. The highest BCUT2D eigenvalue weighted by Gasteiger charge is 2.34. The Labute approximate surface area is 214 Å². The van der Waals surface area contributed by atoms with Crippen molar-refractivity contribution in [2.75, 3.05) is 35.2 Å². The number of benzene rings is 1. The number of aromatic nitrogens is 3.